The van der Waals surface area contributed by atoms with Gasteiger partial charge in [0.15, 0.2) is 0 Å². The van der Waals surface area contributed by atoms with Gasteiger partial charge in [0.1, 0.15) is 0 Å². The van der Waals surface area contributed by atoms with Crippen LogP contribution in [0.15, 0.2) is 24.3 Å². The van der Waals surface area contributed by atoms with Crippen molar-refractivity contribution >= 4 is 16.5 Å². The number of hydrogen-bond acceptors (Lipinski definition) is 2. The van der Waals surface area contributed by atoms with E-state index >= 15 is 0 Å². The molecule has 0 aliphatic carbocycles. The van der Waals surface area contributed by atoms with Crippen LogP contribution in [-0.2, 0) is 16.6 Å². The van der Waals surface area contributed by atoms with E-state index in [0.717, 1.165) is 11.3 Å². The summed E-state index contributed by atoms with van der Waals surface area (Å²) in [5.74, 6) is 0.637. The zero-order valence-electron chi connectivity index (χ0n) is 10.3. The Bertz CT molecular complexity index is 352. The van der Waals surface area contributed by atoms with E-state index in [2.05, 4.69) is 31.3 Å². The topological polar surface area (TPSA) is 29.1 Å². The number of nitrogens with one attached hydrogen (secondary N) is 1. The summed E-state index contributed by atoms with van der Waals surface area (Å²) in [6.45, 7) is 4.38. The lowest BCUT2D eigenvalue weighted by molar-refractivity contribution is 0.686. The number of benzene rings is 1. The molecule has 0 fully saturated rings. The van der Waals surface area contributed by atoms with Crippen molar-refractivity contribution < 1.29 is 4.21 Å². The lowest BCUT2D eigenvalue weighted by Gasteiger charge is -2.14. The zero-order chi connectivity index (χ0) is 12.0. The monoisotopic (exact) mass is 239 g/mol. The van der Waals surface area contributed by atoms with Crippen LogP contribution in [0.1, 0.15) is 32.3 Å². The lowest BCUT2D eigenvalue weighted by Crippen LogP contribution is -2.14. The first-order valence-corrected chi connectivity index (χ1v) is 7.50. The second-order valence-electron chi connectivity index (χ2n) is 4.25. The second kappa shape index (κ2) is 6.69. The van der Waals surface area contributed by atoms with Gasteiger partial charge in [-0.2, -0.15) is 0 Å². The molecular weight excluding hydrogens is 218 g/mol. The van der Waals surface area contributed by atoms with Gasteiger partial charge in [0.05, 0.1) is 0 Å². The molecule has 2 nitrogen and oxygen atoms in total. The first kappa shape index (κ1) is 13.2. The Labute approximate surface area is 101 Å². The molecule has 0 amide bonds. The van der Waals surface area contributed by atoms with Crippen molar-refractivity contribution in [2.75, 3.05) is 11.6 Å². The quantitative estimate of drug-likeness (QED) is 0.826. The molecule has 1 rings (SSSR count). The van der Waals surface area contributed by atoms with Crippen molar-refractivity contribution in [2.24, 2.45) is 0 Å². The summed E-state index contributed by atoms with van der Waals surface area (Å²) in [6, 6.07) is 8.69. The van der Waals surface area contributed by atoms with E-state index in [1.807, 2.05) is 12.1 Å². The van der Waals surface area contributed by atoms with Gasteiger partial charge >= 0.3 is 0 Å². The molecule has 1 aromatic carbocycles. The standard InChI is InChI=1S/C13H21NOS/c1-4-6-11(2)14-13-8-5-7-12(9-13)10-16(3)15/h5,7-9,11,14H,4,6,10H2,1-3H3. The molecule has 2 unspecified atom stereocenters. The molecule has 2 atom stereocenters. The van der Waals surface area contributed by atoms with Crippen LogP contribution < -0.4 is 5.32 Å². The van der Waals surface area contributed by atoms with Gasteiger partial charge in [-0.1, -0.05) is 25.5 Å². The van der Waals surface area contributed by atoms with Crippen LogP contribution in [0.2, 0.25) is 0 Å². The van der Waals surface area contributed by atoms with Crippen molar-refractivity contribution in [1.82, 2.24) is 0 Å². The van der Waals surface area contributed by atoms with Crippen molar-refractivity contribution in [1.29, 1.82) is 0 Å². The van der Waals surface area contributed by atoms with Crippen LogP contribution in [0.25, 0.3) is 0 Å². The molecule has 0 aliphatic rings. The first-order valence-electron chi connectivity index (χ1n) is 5.77. The summed E-state index contributed by atoms with van der Waals surface area (Å²) in [6.07, 6.45) is 4.09. The number of rotatable bonds is 6. The van der Waals surface area contributed by atoms with Gasteiger partial charge in [-0.3, -0.25) is 4.21 Å². The highest BCUT2D eigenvalue weighted by molar-refractivity contribution is 7.83. The SMILES string of the molecule is CCCC(C)Nc1cccc(CS(C)=O)c1. The van der Waals surface area contributed by atoms with E-state index in [1.165, 1.54) is 12.8 Å². The predicted octanol–water partition coefficient (Wildman–Crippen LogP) is 3.17. The van der Waals surface area contributed by atoms with E-state index in [1.54, 1.807) is 6.26 Å². The molecule has 0 aromatic heterocycles. The highest BCUT2D eigenvalue weighted by Crippen LogP contribution is 2.14. The van der Waals surface area contributed by atoms with Gasteiger partial charge in [-0.25, -0.2) is 0 Å². The Morgan fingerprint density at radius 3 is 2.81 bits per heavy atom. The Morgan fingerprint density at radius 1 is 1.44 bits per heavy atom. The Hall–Kier alpha value is -0.830. The van der Waals surface area contributed by atoms with Crippen molar-refractivity contribution in [3.8, 4) is 0 Å². The maximum atomic E-state index is 11.1. The molecule has 0 heterocycles. The lowest BCUT2D eigenvalue weighted by atomic mass is 10.1. The molecule has 0 aliphatic heterocycles. The predicted molar refractivity (Wildman–Crippen MR) is 72.2 cm³/mol. The van der Waals surface area contributed by atoms with E-state index in [-0.39, 0.29) is 0 Å². The molecule has 16 heavy (non-hydrogen) atoms. The summed E-state index contributed by atoms with van der Waals surface area (Å²) in [4.78, 5) is 0. The Kier molecular flexibility index (Phi) is 5.53. The fourth-order valence-electron chi connectivity index (χ4n) is 1.78. The van der Waals surface area contributed by atoms with Gasteiger partial charge < -0.3 is 5.32 Å². The normalized spacial score (nSPS) is 14.4. The van der Waals surface area contributed by atoms with Gasteiger partial charge in [0, 0.05) is 34.5 Å². The molecule has 0 bridgehead atoms. The average molecular weight is 239 g/mol. The molecule has 0 spiro atoms. The molecule has 3 heteroatoms. The molecule has 0 radical (unpaired) electrons. The third-order valence-corrected chi connectivity index (χ3v) is 3.17. The molecule has 90 valence electrons. The van der Waals surface area contributed by atoms with Crippen molar-refractivity contribution in [2.45, 2.75) is 38.5 Å². The van der Waals surface area contributed by atoms with E-state index in [4.69, 9.17) is 0 Å². The van der Waals surface area contributed by atoms with Crippen LogP contribution in [0.5, 0.6) is 0 Å². The summed E-state index contributed by atoms with van der Waals surface area (Å²) in [7, 11) is -0.769. The summed E-state index contributed by atoms with van der Waals surface area (Å²) in [5.41, 5.74) is 2.26. The van der Waals surface area contributed by atoms with E-state index < -0.39 is 10.8 Å². The van der Waals surface area contributed by atoms with Gasteiger partial charge in [-0.15, -0.1) is 0 Å². The third-order valence-electron chi connectivity index (χ3n) is 2.43. The highest BCUT2D eigenvalue weighted by Gasteiger charge is 2.02. The van der Waals surface area contributed by atoms with E-state index in [0.29, 0.717) is 11.8 Å². The van der Waals surface area contributed by atoms with Gasteiger partial charge in [0.2, 0.25) is 0 Å². The molecular formula is C13H21NOS. The van der Waals surface area contributed by atoms with Crippen molar-refractivity contribution in [3.63, 3.8) is 0 Å². The van der Waals surface area contributed by atoms with Crippen LogP contribution in [-0.4, -0.2) is 16.5 Å². The molecule has 0 saturated heterocycles. The van der Waals surface area contributed by atoms with E-state index in [9.17, 15) is 4.21 Å². The fraction of sp³-hybridized carbons (Fsp3) is 0.538. The van der Waals surface area contributed by atoms with Crippen molar-refractivity contribution in [3.05, 3.63) is 29.8 Å². The summed E-state index contributed by atoms with van der Waals surface area (Å²) in [5, 5.41) is 3.46. The van der Waals surface area contributed by atoms with Gasteiger partial charge in [-0.05, 0) is 31.0 Å². The molecule has 1 N–H and O–H groups in total. The van der Waals surface area contributed by atoms with Crippen LogP contribution in [0.3, 0.4) is 0 Å². The van der Waals surface area contributed by atoms with Crippen LogP contribution in [0.4, 0.5) is 5.69 Å². The second-order valence-corrected chi connectivity index (χ2v) is 5.69. The fourth-order valence-corrected chi connectivity index (χ4v) is 2.42. The Morgan fingerprint density at radius 2 is 2.19 bits per heavy atom. The minimum Gasteiger partial charge on any atom is -0.383 e. The number of anilines is 1. The smallest absolute Gasteiger partial charge is 0.0483 e. The minimum atomic E-state index is -0.769. The first-order chi connectivity index (χ1) is 7.61. The minimum absolute atomic E-state index is 0.493. The Balaban J connectivity index is 2.63. The zero-order valence-corrected chi connectivity index (χ0v) is 11.1. The third kappa shape index (κ3) is 4.79. The molecule has 1 aromatic rings. The average Bonchev–Trinajstić information content (AvgIpc) is 2.17. The van der Waals surface area contributed by atoms with Crippen LogP contribution >= 0.6 is 0 Å². The number of hydrogen-bond donors (Lipinski definition) is 1. The highest BCUT2D eigenvalue weighted by atomic mass is 32.2. The summed E-state index contributed by atoms with van der Waals surface area (Å²) >= 11 is 0. The maximum Gasteiger partial charge on any atom is 0.0483 e. The maximum absolute atomic E-state index is 11.1. The summed E-state index contributed by atoms with van der Waals surface area (Å²) < 4.78 is 11.1. The largest absolute Gasteiger partial charge is 0.383 e. The molecule has 0 saturated carbocycles. The van der Waals surface area contributed by atoms with Crippen LogP contribution in [0, 0.1) is 0 Å². The van der Waals surface area contributed by atoms with Gasteiger partial charge in [0.25, 0.3) is 0 Å².